The third-order valence-corrected chi connectivity index (χ3v) is 2.95. The fourth-order valence-corrected chi connectivity index (χ4v) is 1.83. The first-order valence-corrected chi connectivity index (χ1v) is 6.67. The molecule has 0 aliphatic carbocycles. The fourth-order valence-electron chi connectivity index (χ4n) is 1.83. The van der Waals surface area contributed by atoms with Gasteiger partial charge in [-0.25, -0.2) is 0 Å². The van der Waals surface area contributed by atoms with Crippen LogP contribution in [0, 0.1) is 21.4 Å². The van der Waals surface area contributed by atoms with Gasteiger partial charge in [0.25, 0.3) is 5.69 Å². The first kappa shape index (κ1) is 15.9. The lowest BCUT2D eigenvalue weighted by molar-refractivity contribution is -0.384. The van der Waals surface area contributed by atoms with Gasteiger partial charge in [0.1, 0.15) is 11.8 Å². The van der Waals surface area contributed by atoms with E-state index in [4.69, 9.17) is 10.00 Å². The number of hydrogen-bond acceptors (Lipinski definition) is 5. The molecule has 23 heavy (non-hydrogen) atoms. The highest BCUT2D eigenvalue weighted by Gasteiger charge is 2.09. The standard InChI is InChI=1S/C17H12N2O4/c18-10-11-23-16-7-4-13(5-8-16)6-9-17(20)14-2-1-3-15(12-14)19(21)22/h1-9,12H,11H2/b9-6+. The van der Waals surface area contributed by atoms with E-state index in [1.165, 1.54) is 30.3 Å². The Bertz CT molecular complexity index is 789. The van der Waals surface area contributed by atoms with Gasteiger partial charge in [-0.3, -0.25) is 14.9 Å². The van der Waals surface area contributed by atoms with Crippen molar-refractivity contribution in [2.24, 2.45) is 0 Å². The molecule has 0 spiro atoms. The van der Waals surface area contributed by atoms with Crippen LogP contribution in [0.15, 0.2) is 54.6 Å². The minimum absolute atomic E-state index is 0.0273. The van der Waals surface area contributed by atoms with Crippen LogP contribution in [-0.2, 0) is 0 Å². The van der Waals surface area contributed by atoms with Gasteiger partial charge in [0.15, 0.2) is 12.4 Å². The molecular weight excluding hydrogens is 296 g/mol. The van der Waals surface area contributed by atoms with Gasteiger partial charge in [-0.05, 0) is 23.8 Å². The number of nitriles is 1. The molecule has 0 unspecified atom stereocenters. The van der Waals surface area contributed by atoms with Gasteiger partial charge in [-0.15, -0.1) is 0 Å². The highest BCUT2D eigenvalue weighted by molar-refractivity contribution is 6.07. The van der Waals surface area contributed by atoms with Crippen molar-refractivity contribution in [1.82, 2.24) is 0 Å². The topological polar surface area (TPSA) is 93.2 Å². The summed E-state index contributed by atoms with van der Waals surface area (Å²) < 4.78 is 5.12. The average molecular weight is 308 g/mol. The highest BCUT2D eigenvalue weighted by Crippen LogP contribution is 2.16. The normalized spacial score (nSPS) is 10.2. The molecule has 2 rings (SSSR count). The van der Waals surface area contributed by atoms with E-state index in [-0.39, 0.29) is 23.6 Å². The first-order chi connectivity index (χ1) is 11.1. The number of ether oxygens (including phenoxy) is 1. The van der Waals surface area contributed by atoms with Crippen molar-refractivity contribution in [2.75, 3.05) is 6.61 Å². The maximum absolute atomic E-state index is 12.0. The van der Waals surface area contributed by atoms with E-state index in [2.05, 4.69) is 0 Å². The van der Waals surface area contributed by atoms with E-state index in [9.17, 15) is 14.9 Å². The second kappa shape index (κ2) is 7.52. The molecule has 0 saturated heterocycles. The summed E-state index contributed by atoms with van der Waals surface area (Å²) in [5.74, 6) is 0.243. The lowest BCUT2D eigenvalue weighted by Gasteiger charge is -2.01. The van der Waals surface area contributed by atoms with Gasteiger partial charge < -0.3 is 4.74 Å². The Kier molecular flexibility index (Phi) is 5.21. The number of non-ortho nitro benzene ring substituents is 1. The number of allylic oxidation sites excluding steroid dienone is 1. The predicted octanol–water partition coefficient (Wildman–Crippen LogP) is 3.39. The molecular formula is C17H12N2O4. The van der Waals surface area contributed by atoms with Crippen LogP contribution in [0.1, 0.15) is 15.9 Å². The van der Waals surface area contributed by atoms with Crippen LogP contribution in [0.4, 0.5) is 5.69 Å². The zero-order chi connectivity index (χ0) is 16.7. The Balaban J connectivity index is 2.07. The summed E-state index contributed by atoms with van der Waals surface area (Å²) in [5, 5.41) is 19.1. The molecule has 0 atom stereocenters. The van der Waals surface area contributed by atoms with Gasteiger partial charge in [0.2, 0.25) is 0 Å². The average Bonchev–Trinajstić information content (AvgIpc) is 2.58. The molecule has 0 saturated carbocycles. The lowest BCUT2D eigenvalue weighted by atomic mass is 10.1. The quantitative estimate of drug-likeness (QED) is 0.353. The number of nitro benzene ring substituents is 1. The smallest absolute Gasteiger partial charge is 0.270 e. The number of hydrogen-bond donors (Lipinski definition) is 0. The van der Waals surface area contributed by atoms with Crippen LogP contribution in [0.2, 0.25) is 0 Å². The van der Waals surface area contributed by atoms with Crippen LogP contribution >= 0.6 is 0 Å². The molecule has 0 bridgehead atoms. The molecule has 0 aliphatic rings. The van der Waals surface area contributed by atoms with Crippen LogP contribution in [-0.4, -0.2) is 17.3 Å². The molecule has 0 aromatic heterocycles. The molecule has 114 valence electrons. The summed E-state index contributed by atoms with van der Waals surface area (Å²) in [6, 6.07) is 14.3. The van der Waals surface area contributed by atoms with Crippen molar-refractivity contribution in [3.8, 4) is 11.8 Å². The summed E-state index contributed by atoms with van der Waals surface area (Å²) in [6.45, 7) is -0.0273. The van der Waals surface area contributed by atoms with E-state index in [1.807, 2.05) is 6.07 Å². The number of benzene rings is 2. The molecule has 0 fully saturated rings. The summed E-state index contributed by atoms with van der Waals surface area (Å²) >= 11 is 0. The molecule has 0 amide bonds. The monoisotopic (exact) mass is 308 g/mol. The Hall–Kier alpha value is -3.46. The van der Waals surface area contributed by atoms with E-state index in [0.717, 1.165) is 5.56 Å². The Morgan fingerprint density at radius 2 is 2.00 bits per heavy atom. The van der Waals surface area contributed by atoms with Gasteiger partial charge >= 0.3 is 0 Å². The van der Waals surface area contributed by atoms with Crippen molar-refractivity contribution in [1.29, 1.82) is 5.26 Å². The van der Waals surface area contributed by atoms with Crippen LogP contribution in [0.25, 0.3) is 6.08 Å². The van der Waals surface area contributed by atoms with Gasteiger partial charge in [-0.1, -0.05) is 30.3 Å². The number of carbonyl (C=O) groups is 1. The molecule has 0 N–H and O–H groups in total. The van der Waals surface area contributed by atoms with Crippen LogP contribution < -0.4 is 4.74 Å². The number of carbonyl (C=O) groups excluding carboxylic acids is 1. The lowest BCUT2D eigenvalue weighted by Crippen LogP contribution is -1.96. The van der Waals surface area contributed by atoms with E-state index in [0.29, 0.717) is 5.75 Å². The minimum Gasteiger partial charge on any atom is -0.479 e. The van der Waals surface area contributed by atoms with Crippen molar-refractivity contribution < 1.29 is 14.5 Å². The number of rotatable bonds is 6. The Morgan fingerprint density at radius 1 is 1.26 bits per heavy atom. The van der Waals surface area contributed by atoms with Crippen LogP contribution in [0.5, 0.6) is 5.75 Å². The maximum Gasteiger partial charge on any atom is 0.270 e. The molecule has 0 aliphatic heterocycles. The molecule has 2 aromatic rings. The van der Waals surface area contributed by atoms with E-state index < -0.39 is 4.92 Å². The molecule has 6 heteroatoms. The third kappa shape index (κ3) is 4.51. The van der Waals surface area contributed by atoms with E-state index >= 15 is 0 Å². The molecule has 6 nitrogen and oxygen atoms in total. The van der Waals surface area contributed by atoms with Crippen molar-refractivity contribution >= 4 is 17.5 Å². The zero-order valence-electron chi connectivity index (χ0n) is 12.0. The van der Waals surface area contributed by atoms with Gasteiger partial charge in [-0.2, -0.15) is 5.26 Å². The summed E-state index contributed by atoms with van der Waals surface area (Å²) in [5.41, 5.74) is 0.903. The van der Waals surface area contributed by atoms with Crippen LogP contribution in [0.3, 0.4) is 0 Å². The summed E-state index contributed by atoms with van der Waals surface area (Å²) in [4.78, 5) is 22.2. The largest absolute Gasteiger partial charge is 0.479 e. The van der Waals surface area contributed by atoms with E-state index in [1.54, 1.807) is 30.3 Å². The number of nitrogens with zero attached hydrogens (tertiary/aromatic N) is 2. The molecule has 0 heterocycles. The second-order valence-electron chi connectivity index (χ2n) is 4.52. The molecule has 2 aromatic carbocycles. The van der Waals surface area contributed by atoms with Crippen molar-refractivity contribution in [3.63, 3.8) is 0 Å². The van der Waals surface area contributed by atoms with Crippen molar-refractivity contribution in [3.05, 3.63) is 75.8 Å². The second-order valence-corrected chi connectivity index (χ2v) is 4.52. The molecule has 0 radical (unpaired) electrons. The highest BCUT2D eigenvalue weighted by atomic mass is 16.6. The Morgan fingerprint density at radius 3 is 2.65 bits per heavy atom. The van der Waals surface area contributed by atoms with Gasteiger partial charge in [0, 0.05) is 17.7 Å². The number of ketones is 1. The van der Waals surface area contributed by atoms with Crippen molar-refractivity contribution in [2.45, 2.75) is 0 Å². The SMILES string of the molecule is N#CCOc1ccc(/C=C/C(=O)c2cccc([N+](=O)[O-])c2)cc1. The maximum atomic E-state index is 12.0. The third-order valence-electron chi connectivity index (χ3n) is 2.95. The Labute approximate surface area is 132 Å². The zero-order valence-corrected chi connectivity index (χ0v) is 12.0. The minimum atomic E-state index is -0.541. The first-order valence-electron chi connectivity index (χ1n) is 6.67. The van der Waals surface area contributed by atoms with Gasteiger partial charge in [0.05, 0.1) is 4.92 Å². The summed E-state index contributed by atoms with van der Waals surface area (Å²) in [6.07, 6.45) is 2.96. The number of nitro groups is 1. The summed E-state index contributed by atoms with van der Waals surface area (Å²) in [7, 11) is 0. The fraction of sp³-hybridized carbons (Fsp3) is 0.0588. The predicted molar refractivity (Wildman–Crippen MR) is 84.0 cm³/mol.